The molecule has 0 rings (SSSR count). The van der Waals surface area contributed by atoms with E-state index in [1.54, 1.807) is 0 Å². The molecule has 0 aromatic rings. The molecular formula is C33H65NO4. The van der Waals surface area contributed by atoms with Gasteiger partial charge in [-0.15, -0.1) is 0 Å². The van der Waals surface area contributed by atoms with Gasteiger partial charge in [-0.25, -0.2) is 0 Å². The Morgan fingerprint density at radius 3 is 1.16 bits per heavy atom. The van der Waals surface area contributed by atoms with Crippen molar-refractivity contribution in [2.24, 2.45) is 5.73 Å². The molecule has 226 valence electrons. The fourth-order valence-electron chi connectivity index (χ4n) is 4.87. The summed E-state index contributed by atoms with van der Waals surface area (Å²) in [4.78, 5) is 24.1. The van der Waals surface area contributed by atoms with Crippen LogP contribution in [0.15, 0.2) is 0 Å². The average molecular weight is 540 g/mol. The van der Waals surface area contributed by atoms with Gasteiger partial charge in [-0.05, 0) is 12.8 Å². The van der Waals surface area contributed by atoms with Crippen LogP contribution in [0.5, 0.6) is 0 Å². The number of hydrogen-bond acceptors (Lipinski definition) is 5. The molecule has 0 aliphatic heterocycles. The topological polar surface area (TPSA) is 78.6 Å². The second kappa shape index (κ2) is 30.4. The lowest BCUT2D eigenvalue weighted by molar-refractivity contribution is -0.158. The first-order valence-electron chi connectivity index (χ1n) is 16.7. The summed E-state index contributed by atoms with van der Waals surface area (Å²) in [6, 6.07) is 0. The summed E-state index contributed by atoms with van der Waals surface area (Å²) in [6.45, 7) is 4.75. The van der Waals surface area contributed by atoms with Crippen LogP contribution < -0.4 is 5.73 Å². The summed E-state index contributed by atoms with van der Waals surface area (Å²) < 4.78 is 10.7. The van der Waals surface area contributed by atoms with Crippen LogP contribution in [0.4, 0.5) is 0 Å². The van der Waals surface area contributed by atoms with Crippen molar-refractivity contribution in [3.63, 3.8) is 0 Å². The van der Waals surface area contributed by atoms with Gasteiger partial charge in [-0.1, -0.05) is 155 Å². The van der Waals surface area contributed by atoms with E-state index >= 15 is 0 Å². The molecule has 5 heteroatoms. The van der Waals surface area contributed by atoms with Gasteiger partial charge in [0.05, 0.1) is 0 Å². The van der Waals surface area contributed by atoms with Crippen LogP contribution in [0.3, 0.4) is 0 Å². The minimum Gasteiger partial charge on any atom is -0.462 e. The number of nitrogens with two attached hydrogens (primary N) is 1. The monoisotopic (exact) mass is 539 g/mol. The van der Waals surface area contributed by atoms with E-state index in [1.165, 1.54) is 128 Å². The summed E-state index contributed by atoms with van der Waals surface area (Å²) in [5.41, 5.74) is 5.72. The molecule has 5 nitrogen and oxygen atoms in total. The van der Waals surface area contributed by atoms with Gasteiger partial charge in [0, 0.05) is 19.4 Å². The number of rotatable bonds is 30. The molecule has 0 bridgehead atoms. The summed E-state index contributed by atoms with van der Waals surface area (Å²) in [5, 5.41) is 0. The lowest BCUT2D eigenvalue weighted by Gasteiger charge is -2.16. The van der Waals surface area contributed by atoms with E-state index in [2.05, 4.69) is 13.8 Å². The van der Waals surface area contributed by atoms with Crippen LogP contribution in [-0.2, 0) is 19.1 Å². The van der Waals surface area contributed by atoms with Crippen molar-refractivity contribution >= 4 is 11.9 Å². The zero-order valence-electron chi connectivity index (χ0n) is 25.6. The highest BCUT2D eigenvalue weighted by molar-refractivity contribution is 5.70. The van der Waals surface area contributed by atoms with E-state index in [4.69, 9.17) is 15.2 Å². The van der Waals surface area contributed by atoms with Crippen LogP contribution in [-0.4, -0.2) is 31.2 Å². The fourth-order valence-corrected chi connectivity index (χ4v) is 4.87. The fraction of sp³-hybridized carbons (Fsp3) is 0.939. The van der Waals surface area contributed by atoms with Gasteiger partial charge < -0.3 is 15.2 Å². The van der Waals surface area contributed by atoms with Gasteiger partial charge in [-0.3, -0.25) is 9.59 Å². The molecule has 0 fully saturated rings. The number of carbonyl (C=O) groups is 2. The van der Waals surface area contributed by atoms with Gasteiger partial charge in [0.2, 0.25) is 0 Å². The smallest absolute Gasteiger partial charge is 0.306 e. The van der Waals surface area contributed by atoms with Crippen molar-refractivity contribution < 1.29 is 19.1 Å². The largest absolute Gasteiger partial charge is 0.462 e. The molecule has 0 aromatic heterocycles. The first-order valence-corrected chi connectivity index (χ1v) is 16.7. The Kier molecular flexibility index (Phi) is 29.6. The van der Waals surface area contributed by atoms with Gasteiger partial charge in [0.15, 0.2) is 0 Å². The van der Waals surface area contributed by atoms with Crippen molar-refractivity contribution in [1.82, 2.24) is 0 Å². The van der Waals surface area contributed by atoms with E-state index in [9.17, 15) is 9.59 Å². The predicted molar refractivity (Wildman–Crippen MR) is 161 cm³/mol. The quantitative estimate of drug-likeness (QED) is 0.0726. The molecular weight excluding hydrogens is 474 g/mol. The lowest BCUT2D eigenvalue weighted by atomic mass is 10.0. The maximum Gasteiger partial charge on any atom is 0.306 e. The number of carbonyl (C=O) groups excluding carboxylic acids is 2. The van der Waals surface area contributed by atoms with Crippen LogP contribution in [0, 0.1) is 0 Å². The molecule has 0 amide bonds. The second-order valence-corrected chi connectivity index (χ2v) is 11.3. The predicted octanol–water partition coefficient (Wildman–Crippen LogP) is 9.58. The van der Waals surface area contributed by atoms with Crippen LogP contribution in [0.25, 0.3) is 0 Å². The third-order valence-corrected chi connectivity index (χ3v) is 7.46. The summed E-state index contributed by atoms with van der Waals surface area (Å²) in [5.74, 6) is -0.449. The third kappa shape index (κ3) is 27.9. The number of unbranched alkanes of at least 4 members (excludes halogenated alkanes) is 22. The summed E-state index contributed by atoms with van der Waals surface area (Å²) >= 11 is 0. The molecule has 0 spiro atoms. The molecule has 0 aliphatic rings. The molecule has 0 radical (unpaired) electrons. The molecule has 1 unspecified atom stereocenters. The van der Waals surface area contributed by atoms with Crippen molar-refractivity contribution in [2.75, 3.05) is 13.2 Å². The molecule has 0 aromatic carbocycles. The maximum absolute atomic E-state index is 12.1. The van der Waals surface area contributed by atoms with Crippen molar-refractivity contribution in [1.29, 1.82) is 0 Å². The Morgan fingerprint density at radius 2 is 0.816 bits per heavy atom. The van der Waals surface area contributed by atoms with Crippen LogP contribution in [0.2, 0.25) is 0 Å². The minimum atomic E-state index is -0.536. The number of hydrogen-bond donors (Lipinski definition) is 1. The Bertz CT molecular complexity index is 511. The van der Waals surface area contributed by atoms with E-state index in [0.29, 0.717) is 12.8 Å². The maximum atomic E-state index is 12.1. The first-order chi connectivity index (χ1) is 18.6. The van der Waals surface area contributed by atoms with E-state index in [1.807, 2.05) is 0 Å². The lowest BCUT2D eigenvalue weighted by Crippen LogP contribution is -2.32. The summed E-state index contributed by atoms with van der Waals surface area (Å²) in [7, 11) is 0. The molecule has 0 saturated carbocycles. The van der Waals surface area contributed by atoms with Gasteiger partial charge in [-0.2, -0.15) is 0 Å². The molecule has 0 aliphatic carbocycles. The number of ether oxygens (including phenoxy) is 2. The van der Waals surface area contributed by atoms with Gasteiger partial charge in [0.1, 0.15) is 12.7 Å². The Morgan fingerprint density at radius 1 is 0.500 bits per heavy atom. The van der Waals surface area contributed by atoms with E-state index < -0.39 is 6.10 Å². The zero-order valence-corrected chi connectivity index (χ0v) is 25.6. The van der Waals surface area contributed by atoms with Crippen molar-refractivity contribution in [2.45, 2.75) is 187 Å². The highest BCUT2D eigenvalue weighted by atomic mass is 16.6. The first kappa shape index (κ1) is 36.9. The molecule has 0 heterocycles. The normalized spacial score (nSPS) is 12.0. The molecule has 2 N–H and O–H groups in total. The van der Waals surface area contributed by atoms with Crippen LogP contribution >= 0.6 is 0 Å². The Labute approximate surface area is 236 Å². The molecule has 38 heavy (non-hydrogen) atoms. The third-order valence-electron chi connectivity index (χ3n) is 7.46. The van der Waals surface area contributed by atoms with Crippen molar-refractivity contribution in [3.8, 4) is 0 Å². The highest BCUT2D eigenvalue weighted by Gasteiger charge is 2.15. The zero-order chi connectivity index (χ0) is 27.9. The Hall–Kier alpha value is -1.10. The van der Waals surface area contributed by atoms with Gasteiger partial charge in [0.25, 0.3) is 0 Å². The average Bonchev–Trinajstić information content (AvgIpc) is 2.92. The van der Waals surface area contributed by atoms with Crippen molar-refractivity contribution in [3.05, 3.63) is 0 Å². The number of esters is 2. The molecule has 0 saturated heterocycles. The van der Waals surface area contributed by atoms with Gasteiger partial charge >= 0.3 is 11.9 Å². The second-order valence-electron chi connectivity index (χ2n) is 11.3. The standard InChI is InChI=1S/C33H65NO4/c1-3-5-7-9-11-13-14-15-16-17-18-20-22-24-26-28-33(36)38-31(29-34)30-37-32(35)27-25-23-21-19-12-10-8-6-4-2/h31H,3-30,34H2,1-2H3. The Balaban J connectivity index is 3.53. The SMILES string of the molecule is CCCCCCCCCCCCCCCCCC(=O)OC(CN)COC(=O)CCCCCCCCCCC. The van der Waals surface area contributed by atoms with E-state index in [0.717, 1.165) is 25.7 Å². The summed E-state index contributed by atoms with van der Waals surface area (Å²) in [6.07, 6.45) is 30.8. The van der Waals surface area contributed by atoms with Crippen LogP contribution in [0.1, 0.15) is 181 Å². The highest BCUT2D eigenvalue weighted by Crippen LogP contribution is 2.14. The molecule has 1 atom stereocenters. The minimum absolute atomic E-state index is 0.0668. The van der Waals surface area contributed by atoms with E-state index in [-0.39, 0.29) is 25.1 Å².